The highest BCUT2D eigenvalue weighted by atomic mass is 32.1. The quantitative estimate of drug-likeness (QED) is 0.888. The Labute approximate surface area is 112 Å². The predicted molar refractivity (Wildman–Crippen MR) is 75.6 cm³/mol. The number of rotatable bonds is 5. The monoisotopic (exact) mass is 256 g/mol. The molecule has 0 aliphatic carbocycles. The molecule has 0 spiro atoms. The van der Waals surface area contributed by atoms with E-state index < -0.39 is 0 Å². The Bertz CT molecular complexity index is 526. The van der Waals surface area contributed by atoms with Gasteiger partial charge in [0.15, 0.2) is 0 Å². The van der Waals surface area contributed by atoms with Crippen molar-refractivity contribution in [3.05, 3.63) is 57.8 Å². The molecule has 0 radical (unpaired) electrons. The molecule has 18 heavy (non-hydrogen) atoms. The topological polar surface area (TPSA) is 35.8 Å². The van der Waals surface area contributed by atoms with E-state index in [0.29, 0.717) is 0 Å². The lowest BCUT2D eigenvalue weighted by Gasteiger charge is -2.14. The molecule has 92 valence electrons. The zero-order valence-electron chi connectivity index (χ0n) is 10.4. The Morgan fingerprint density at radius 2 is 2.28 bits per heavy atom. The second kappa shape index (κ2) is 6.34. The van der Waals surface area contributed by atoms with Crippen molar-refractivity contribution in [2.75, 3.05) is 6.54 Å². The van der Waals surface area contributed by atoms with E-state index in [1.807, 2.05) is 18.2 Å². The Morgan fingerprint density at radius 3 is 3.00 bits per heavy atom. The van der Waals surface area contributed by atoms with E-state index in [1.54, 1.807) is 11.3 Å². The molecule has 1 N–H and O–H groups in total. The highest BCUT2D eigenvalue weighted by Gasteiger charge is 2.05. The number of hydrogen-bond acceptors (Lipinski definition) is 3. The predicted octanol–water partition coefficient (Wildman–Crippen LogP) is 3.51. The minimum absolute atomic E-state index is 0.275. The summed E-state index contributed by atoms with van der Waals surface area (Å²) in [6.07, 6.45) is 1.05. The van der Waals surface area contributed by atoms with Crippen molar-refractivity contribution in [1.82, 2.24) is 5.32 Å². The van der Waals surface area contributed by atoms with Gasteiger partial charge in [0.1, 0.15) is 0 Å². The fraction of sp³-hybridized carbons (Fsp3) is 0.267. The highest BCUT2D eigenvalue weighted by Crippen LogP contribution is 2.14. The third-order valence-corrected chi connectivity index (χ3v) is 3.69. The van der Waals surface area contributed by atoms with Crippen LogP contribution in [-0.4, -0.2) is 6.54 Å². The van der Waals surface area contributed by atoms with Gasteiger partial charge in [0.05, 0.1) is 11.6 Å². The summed E-state index contributed by atoms with van der Waals surface area (Å²) in [7, 11) is 0. The Balaban J connectivity index is 1.87. The Morgan fingerprint density at radius 1 is 1.39 bits per heavy atom. The number of nitriles is 1. The maximum atomic E-state index is 8.88. The van der Waals surface area contributed by atoms with Crippen molar-refractivity contribution in [3.63, 3.8) is 0 Å². The van der Waals surface area contributed by atoms with Gasteiger partial charge in [0, 0.05) is 6.04 Å². The van der Waals surface area contributed by atoms with Crippen LogP contribution in [0, 0.1) is 11.3 Å². The van der Waals surface area contributed by atoms with E-state index in [-0.39, 0.29) is 6.04 Å². The van der Waals surface area contributed by atoms with Gasteiger partial charge in [-0.05, 0) is 60.0 Å². The molecule has 0 bridgehead atoms. The lowest BCUT2D eigenvalue weighted by Crippen LogP contribution is -2.21. The third-order valence-electron chi connectivity index (χ3n) is 2.96. The summed E-state index contributed by atoms with van der Waals surface area (Å²) in [5.41, 5.74) is 3.27. The number of thiophene rings is 1. The molecule has 1 heterocycles. The van der Waals surface area contributed by atoms with Crippen LogP contribution < -0.4 is 5.32 Å². The molecule has 2 nitrogen and oxygen atoms in total. The summed E-state index contributed by atoms with van der Waals surface area (Å²) in [5.74, 6) is 0. The van der Waals surface area contributed by atoms with E-state index in [4.69, 9.17) is 5.26 Å². The van der Waals surface area contributed by atoms with Crippen LogP contribution in [0.2, 0.25) is 0 Å². The molecule has 0 aliphatic rings. The number of hydrogen-bond donors (Lipinski definition) is 1. The standard InChI is InChI=1S/C15H16N2S/c1-12(15-4-2-3-14(9-15)10-16)17-7-5-13-6-8-18-11-13/h2-4,6,8-9,11-12,17H,5,7H2,1H3. The first-order valence-electron chi connectivity index (χ1n) is 6.04. The summed E-state index contributed by atoms with van der Waals surface area (Å²) < 4.78 is 0. The first-order valence-corrected chi connectivity index (χ1v) is 6.98. The van der Waals surface area contributed by atoms with Crippen LogP contribution in [-0.2, 0) is 6.42 Å². The molecular weight excluding hydrogens is 240 g/mol. The molecule has 0 fully saturated rings. The smallest absolute Gasteiger partial charge is 0.0991 e. The average molecular weight is 256 g/mol. The van der Waals surface area contributed by atoms with Crippen molar-refractivity contribution < 1.29 is 0 Å². The van der Waals surface area contributed by atoms with Gasteiger partial charge in [0.25, 0.3) is 0 Å². The molecule has 2 rings (SSSR count). The summed E-state index contributed by atoms with van der Waals surface area (Å²) in [6.45, 7) is 3.08. The van der Waals surface area contributed by atoms with Gasteiger partial charge in [0.2, 0.25) is 0 Å². The number of nitrogens with one attached hydrogen (secondary N) is 1. The molecule has 1 atom stereocenters. The summed E-state index contributed by atoms with van der Waals surface area (Å²) in [5, 5.41) is 16.6. The molecular formula is C15H16N2S. The molecule has 0 amide bonds. The maximum absolute atomic E-state index is 8.88. The molecule has 1 aromatic heterocycles. The SMILES string of the molecule is CC(NCCc1ccsc1)c1cccc(C#N)c1. The van der Waals surface area contributed by atoms with Crippen molar-refractivity contribution in [1.29, 1.82) is 5.26 Å². The fourth-order valence-corrected chi connectivity index (χ4v) is 2.57. The first-order chi connectivity index (χ1) is 8.79. The minimum atomic E-state index is 0.275. The molecule has 1 unspecified atom stereocenters. The van der Waals surface area contributed by atoms with Gasteiger partial charge in [-0.1, -0.05) is 12.1 Å². The number of nitrogens with zero attached hydrogens (tertiary/aromatic N) is 1. The Hall–Kier alpha value is -1.63. The van der Waals surface area contributed by atoms with E-state index in [2.05, 4.69) is 41.2 Å². The van der Waals surface area contributed by atoms with Crippen LogP contribution >= 0.6 is 11.3 Å². The highest BCUT2D eigenvalue weighted by molar-refractivity contribution is 7.07. The third kappa shape index (κ3) is 3.43. The number of benzene rings is 1. The average Bonchev–Trinajstić information content (AvgIpc) is 2.92. The van der Waals surface area contributed by atoms with Crippen molar-refractivity contribution in [2.45, 2.75) is 19.4 Å². The van der Waals surface area contributed by atoms with Gasteiger partial charge in [-0.15, -0.1) is 0 Å². The molecule has 3 heteroatoms. The van der Waals surface area contributed by atoms with Crippen LogP contribution in [0.25, 0.3) is 0 Å². The summed E-state index contributed by atoms with van der Waals surface area (Å²) in [6, 6.07) is 12.4. The van der Waals surface area contributed by atoms with E-state index in [9.17, 15) is 0 Å². The van der Waals surface area contributed by atoms with Crippen LogP contribution in [0.15, 0.2) is 41.1 Å². The normalized spacial score (nSPS) is 12.0. The molecule has 1 aromatic carbocycles. The Kier molecular flexibility index (Phi) is 4.52. The van der Waals surface area contributed by atoms with E-state index in [0.717, 1.165) is 18.5 Å². The molecule has 0 saturated carbocycles. The van der Waals surface area contributed by atoms with E-state index in [1.165, 1.54) is 11.1 Å². The van der Waals surface area contributed by atoms with Gasteiger partial charge in [-0.25, -0.2) is 0 Å². The van der Waals surface area contributed by atoms with Crippen LogP contribution in [0.4, 0.5) is 0 Å². The minimum Gasteiger partial charge on any atom is -0.310 e. The van der Waals surface area contributed by atoms with Crippen LogP contribution in [0.3, 0.4) is 0 Å². The lowest BCUT2D eigenvalue weighted by molar-refractivity contribution is 0.577. The van der Waals surface area contributed by atoms with Crippen LogP contribution in [0.1, 0.15) is 29.7 Å². The first kappa shape index (κ1) is 12.8. The summed E-state index contributed by atoms with van der Waals surface area (Å²) >= 11 is 1.74. The molecule has 0 saturated heterocycles. The summed E-state index contributed by atoms with van der Waals surface area (Å²) in [4.78, 5) is 0. The van der Waals surface area contributed by atoms with Gasteiger partial charge in [-0.3, -0.25) is 0 Å². The van der Waals surface area contributed by atoms with Crippen molar-refractivity contribution >= 4 is 11.3 Å². The van der Waals surface area contributed by atoms with Gasteiger partial charge in [-0.2, -0.15) is 16.6 Å². The van der Waals surface area contributed by atoms with Crippen LogP contribution in [0.5, 0.6) is 0 Å². The fourth-order valence-electron chi connectivity index (χ4n) is 1.86. The second-order valence-corrected chi connectivity index (χ2v) is 5.07. The van der Waals surface area contributed by atoms with Gasteiger partial charge < -0.3 is 5.32 Å². The maximum Gasteiger partial charge on any atom is 0.0991 e. The molecule has 0 aliphatic heterocycles. The van der Waals surface area contributed by atoms with Crippen molar-refractivity contribution in [3.8, 4) is 6.07 Å². The van der Waals surface area contributed by atoms with Gasteiger partial charge >= 0.3 is 0 Å². The zero-order valence-corrected chi connectivity index (χ0v) is 11.2. The van der Waals surface area contributed by atoms with Crippen molar-refractivity contribution in [2.24, 2.45) is 0 Å². The largest absolute Gasteiger partial charge is 0.310 e. The zero-order chi connectivity index (χ0) is 12.8. The second-order valence-electron chi connectivity index (χ2n) is 4.29. The lowest BCUT2D eigenvalue weighted by atomic mass is 10.1. The molecule has 2 aromatic rings. The van der Waals surface area contributed by atoms with E-state index >= 15 is 0 Å².